The van der Waals surface area contributed by atoms with Gasteiger partial charge < -0.3 is 14.5 Å². The van der Waals surface area contributed by atoms with E-state index < -0.39 is 0 Å². The molecule has 5 rings (SSSR count). The Balaban J connectivity index is 1.44. The first-order valence-corrected chi connectivity index (χ1v) is 9.50. The number of likely N-dealkylation sites (tertiary alicyclic amines) is 1. The number of aromatic nitrogens is 3. The second-order valence-corrected chi connectivity index (χ2v) is 7.32. The van der Waals surface area contributed by atoms with Crippen LogP contribution in [0.5, 0.6) is 0 Å². The molecule has 5 heteroatoms. The monoisotopic (exact) mass is 358 g/mol. The van der Waals surface area contributed by atoms with E-state index in [0.29, 0.717) is 6.54 Å². The van der Waals surface area contributed by atoms with Gasteiger partial charge in [-0.15, -0.1) is 0 Å². The molecule has 1 amide bonds. The van der Waals surface area contributed by atoms with Gasteiger partial charge in [-0.25, -0.2) is 4.98 Å². The quantitative estimate of drug-likeness (QED) is 0.597. The van der Waals surface area contributed by atoms with Crippen molar-refractivity contribution in [2.75, 3.05) is 6.54 Å². The van der Waals surface area contributed by atoms with Crippen LogP contribution in [-0.2, 0) is 11.3 Å². The molecule has 1 N–H and O–H groups in total. The Morgan fingerprint density at radius 2 is 2.00 bits per heavy atom. The fourth-order valence-corrected chi connectivity index (χ4v) is 4.26. The van der Waals surface area contributed by atoms with Crippen molar-refractivity contribution in [3.63, 3.8) is 0 Å². The zero-order valence-corrected chi connectivity index (χ0v) is 15.4. The van der Waals surface area contributed by atoms with Gasteiger partial charge in [-0.3, -0.25) is 4.79 Å². The third-order valence-corrected chi connectivity index (χ3v) is 5.61. The lowest BCUT2D eigenvalue weighted by atomic mass is 10.2. The maximum atomic E-state index is 13.2. The molecule has 1 aliphatic heterocycles. The van der Waals surface area contributed by atoms with Crippen LogP contribution in [0.4, 0.5) is 0 Å². The van der Waals surface area contributed by atoms with E-state index in [0.717, 1.165) is 47.5 Å². The van der Waals surface area contributed by atoms with Crippen molar-refractivity contribution >= 4 is 27.8 Å². The van der Waals surface area contributed by atoms with Crippen LogP contribution < -0.4 is 0 Å². The Hall–Kier alpha value is -3.08. The van der Waals surface area contributed by atoms with Crippen LogP contribution in [0.1, 0.15) is 30.4 Å². The number of nitrogens with one attached hydrogen (secondary N) is 1. The lowest BCUT2D eigenvalue weighted by Crippen LogP contribution is -2.34. The lowest BCUT2D eigenvalue weighted by Gasteiger charge is -2.24. The molecular formula is C22H22N4O. The number of amides is 1. The highest BCUT2D eigenvalue weighted by Gasteiger charge is 2.32. The number of carbonyl (C=O) groups is 1. The minimum absolute atomic E-state index is 0.0343. The number of H-pyrrole nitrogens is 1. The zero-order valence-electron chi connectivity index (χ0n) is 15.4. The van der Waals surface area contributed by atoms with Crippen molar-refractivity contribution in [3.8, 4) is 0 Å². The SMILES string of the molecule is Cc1cc2ccccc2n1CC(=O)N1CCC[C@@H]1c1nc2ccccc2[nH]1. The molecule has 0 saturated carbocycles. The number of rotatable bonds is 3. The molecule has 1 saturated heterocycles. The first-order valence-electron chi connectivity index (χ1n) is 9.50. The molecule has 1 atom stereocenters. The number of aromatic amines is 1. The smallest absolute Gasteiger partial charge is 0.243 e. The number of aryl methyl sites for hydroxylation is 1. The molecule has 136 valence electrons. The molecule has 2 aromatic carbocycles. The summed E-state index contributed by atoms with van der Waals surface area (Å²) in [5.41, 5.74) is 4.21. The summed E-state index contributed by atoms with van der Waals surface area (Å²) in [5.74, 6) is 1.05. The van der Waals surface area contributed by atoms with Crippen LogP contribution in [0.15, 0.2) is 54.6 Å². The van der Waals surface area contributed by atoms with Crippen molar-refractivity contribution in [3.05, 3.63) is 66.1 Å². The lowest BCUT2D eigenvalue weighted by molar-refractivity contribution is -0.132. The van der Waals surface area contributed by atoms with Crippen LogP contribution in [-0.4, -0.2) is 31.9 Å². The number of imidazole rings is 1. The highest BCUT2D eigenvalue weighted by Crippen LogP contribution is 2.32. The zero-order chi connectivity index (χ0) is 18.4. The minimum atomic E-state index is 0.0343. The van der Waals surface area contributed by atoms with Gasteiger partial charge in [0.25, 0.3) is 0 Å². The Kier molecular flexibility index (Phi) is 3.74. The predicted molar refractivity (Wildman–Crippen MR) is 106 cm³/mol. The Morgan fingerprint density at radius 1 is 1.19 bits per heavy atom. The van der Waals surface area contributed by atoms with Crippen molar-refractivity contribution < 1.29 is 4.79 Å². The van der Waals surface area contributed by atoms with E-state index in [9.17, 15) is 4.79 Å². The molecule has 5 nitrogen and oxygen atoms in total. The van der Waals surface area contributed by atoms with Crippen molar-refractivity contribution in [1.82, 2.24) is 19.4 Å². The molecule has 0 bridgehead atoms. The molecule has 0 aliphatic carbocycles. The van der Waals surface area contributed by atoms with E-state index in [4.69, 9.17) is 4.98 Å². The second kappa shape index (κ2) is 6.27. The largest absolute Gasteiger partial charge is 0.340 e. The van der Waals surface area contributed by atoms with Gasteiger partial charge in [0.2, 0.25) is 5.91 Å². The standard InChI is InChI=1S/C22H22N4O/c1-15-13-16-7-2-5-10-19(16)26(15)14-21(27)25-12-6-11-20(25)22-23-17-8-3-4-9-18(17)24-22/h2-5,7-10,13,20H,6,11-12,14H2,1H3,(H,23,24)/t20-/m1/s1. The highest BCUT2D eigenvalue weighted by molar-refractivity contribution is 5.84. The number of nitrogens with zero attached hydrogens (tertiary/aromatic N) is 3. The molecule has 4 aromatic rings. The van der Waals surface area contributed by atoms with Gasteiger partial charge in [-0.1, -0.05) is 30.3 Å². The number of para-hydroxylation sites is 3. The van der Waals surface area contributed by atoms with Gasteiger partial charge in [0, 0.05) is 17.8 Å². The average Bonchev–Trinajstić information content (AvgIpc) is 3.38. The van der Waals surface area contributed by atoms with Crippen LogP contribution in [0.3, 0.4) is 0 Å². The Morgan fingerprint density at radius 3 is 2.89 bits per heavy atom. The van der Waals surface area contributed by atoms with Gasteiger partial charge >= 0.3 is 0 Å². The summed E-state index contributed by atoms with van der Waals surface area (Å²) in [6.45, 7) is 3.23. The fourth-order valence-electron chi connectivity index (χ4n) is 4.26. The maximum Gasteiger partial charge on any atom is 0.243 e. The van der Waals surface area contributed by atoms with Crippen molar-refractivity contribution in [1.29, 1.82) is 0 Å². The normalized spacial score (nSPS) is 17.2. The highest BCUT2D eigenvalue weighted by atomic mass is 16.2. The number of hydrogen-bond donors (Lipinski definition) is 1. The molecule has 3 heterocycles. The van der Waals surface area contributed by atoms with E-state index in [1.807, 2.05) is 41.3 Å². The number of hydrogen-bond acceptors (Lipinski definition) is 2. The molecule has 0 unspecified atom stereocenters. The van der Waals surface area contributed by atoms with Crippen molar-refractivity contribution in [2.24, 2.45) is 0 Å². The van der Waals surface area contributed by atoms with Crippen molar-refractivity contribution in [2.45, 2.75) is 32.4 Å². The summed E-state index contributed by atoms with van der Waals surface area (Å²) in [6, 6.07) is 18.4. The molecule has 2 aromatic heterocycles. The minimum Gasteiger partial charge on any atom is -0.340 e. The second-order valence-electron chi connectivity index (χ2n) is 7.32. The average molecular weight is 358 g/mol. The Bertz CT molecular complexity index is 1110. The summed E-state index contributed by atoms with van der Waals surface area (Å²) in [7, 11) is 0. The van der Waals surface area contributed by atoms with E-state index in [2.05, 4.69) is 34.7 Å². The first kappa shape index (κ1) is 16.1. The summed E-state index contributed by atoms with van der Waals surface area (Å²) in [6.07, 6.45) is 1.97. The van der Waals surface area contributed by atoms with E-state index in [1.54, 1.807) is 0 Å². The predicted octanol–water partition coefficient (Wildman–Crippen LogP) is 4.19. The summed E-state index contributed by atoms with van der Waals surface area (Å²) < 4.78 is 2.12. The summed E-state index contributed by atoms with van der Waals surface area (Å²) in [5, 5.41) is 1.18. The third kappa shape index (κ3) is 2.70. The molecule has 0 radical (unpaired) electrons. The molecular weight excluding hydrogens is 336 g/mol. The van der Waals surface area contributed by atoms with E-state index in [1.165, 1.54) is 5.39 Å². The third-order valence-electron chi connectivity index (χ3n) is 5.61. The fraction of sp³-hybridized carbons (Fsp3) is 0.273. The van der Waals surface area contributed by atoms with E-state index >= 15 is 0 Å². The molecule has 1 aliphatic rings. The molecule has 1 fully saturated rings. The van der Waals surface area contributed by atoms with Gasteiger partial charge in [-0.2, -0.15) is 0 Å². The number of fused-ring (bicyclic) bond motifs is 2. The van der Waals surface area contributed by atoms with E-state index in [-0.39, 0.29) is 11.9 Å². The van der Waals surface area contributed by atoms with Crippen LogP contribution in [0, 0.1) is 6.92 Å². The maximum absolute atomic E-state index is 13.2. The van der Waals surface area contributed by atoms with Gasteiger partial charge in [-0.05, 0) is 49.4 Å². The van der Waals surface area contributed by atoms with Gasteiger partial charge in [0.1, 0.15) is 12.4 Å². The van der Waals surface area contributed by atoms with Crippen LogP contribution in [0.25, 0.3) is 21.9 Å². The topological polar surface area (TPSA) is 53.9 Å². The number of benzene rings is 2. The molecule has 0 spiro atoms. The first-order chi connectivity index (χ1) is 13.2. The van der Waals surface area contributed by atoms with Crippen LogP contribution in [0.2, 0.25) is 0 Å². The summed E-state index contributed by atoms with van der Waals surface area (Å²) in [4.78, 5) is 23.3. The van der Waals surface area contributed by atoms with Gasteiger partial charge in [0.05, 0.1) is 17.1 Å². The number of carbonyl (C=O) groups excluding carboxylic acids is 1. The van der Waals surface area contributed by atoms with Gasteiger partial charge in [0.15, 0.2) is 0 Å². The molecule has 27 heavy (non-hydrogen) atoms. The van der Waals surface area contributed by atoms with Crippen LogP contribution >= 0.6 is 0 Å². The summed E-state index contributed by atoms with van der Waals surface area (Å²) >= 11 is 0. The Labute approximate surface area is 157 Å².